The summed E-state index contributed by atoms with van der Waals surface area (Å²) in [5, 5.41) is 3.43. The molecule has 1 aliphatic rings. The van der Waals surface area contributed by atoms with Crippen molar-refractivity contribution >= 4 is 11.6 Å². The Kier molecular flexibility index (Phi) is 5.94. The highest BCUT2D eigenvalue weighted by molar-refractivity contribution is 5.80. The van der Waals surface area contributed by atoms with Crippen molar-refractivity contribution in [1.29, 1.82) is 0 Å². The molecule has 6 heteroatoms. The zero-order valence-electron chi connectivity index (χ0n) is 15.8. The van der Waals surface area contributed by atoms with Gasteiger partial charge in [0, 0.05) is 44.6 Å². The third-order valence-corrected chi connectivity index (χ3v) is 4.60. The number of ether oxygens (including phenoxy) is 1. The molecule has 6 nitrogen and oxygen atoms in total. The molecule has 1 saturated heterocycles. The molecule has 138 valence electrons. The number of guanidine groups is 1. The number of anilines is 1. The van der Waals surface area contributed by atoms with Crippen LogP contribution < -0.4 is 15.0 Å². The second-order valence-electron chi connectivity index (χ2n) is 6.34. The number of aliphatic imine (C=N–C) groups is 1. The predicted octanol–water partition coefficient (Wildman–Crippen LogP) is 2.30. The summed E-state index contributed by atoms with van der Waals surface area (Å²) in [4.78, 5) is 13.7. The molecule has 0 amide bonds. The Morgan fingerprint density at radius 2 is 1.85 bits per heavy atom. The molecule has 0 spiro atoms. The van der Waals surface area contributed by atoms with Crippen LogP contribution in [-0.4, -0.2) is 56.2 Å². The second kappa shape index (κ2) is 8.56. The van der Waals surface area contributed by atoms with Crippen LogP contribution in [0.5, 0.6) is 5.75 Å². The SMILES string of the molecule is CN=C(NCc1cccc(C)n1)N1CCN(c2ccc(OC)cc2)CC1. The highest BCUT2D eigenvalue weighted by Crippen LogP contribution is 2.20. The zero-order chi connectivity index (χ0) is 18.4. The van der Waals surface area contributed by atoms with Gasteiger partial charge in [0.05, 0.1) is 19.3 Å². The fourth-order valence-electron chi connectivity index (χ4n) is 3.17. The first-order valence-corrected chi connectivity index (χ1v) is 8.97. The van der Waals surface area contributed by atoms with Crippen LogP contribution in [0.15, 0.2) is 47.5 Å². The van der Waals surface area contributed by atoms with Gasteiger partial charge in [-0.1, -0.05) is 6.07 Å². The van der Waals surface area contributed by atoms with Crippen LogP contribution in [-0.2, 0) is 6.54 Å². The van der Waals surface area contributed by atoms with Crippen molar-refractivity contribution in [2.45, 2.75) is 13.5 Å². The third-order valence-electron chi connectivity index (χ3n) is 4.60. The lowest BCUT2D eigenvalue weighted by Gasteiger charge is -2.37. The summed E-state index contributed by atoms with van der Waals surface area (Å²) in [7, 11) is 3.53. The summed E-state index contributed by atoms with van der Waals surface area (Å²) < 4.78 is 5.23. The van der Waals surface area contributed by atoms with Gasteiger partial charge in [0.25, 0.3) is 0 Å². The van der Waals surface area contributed by atoms with E-state index < -0.39 is 0 Å². The van der Waals surface area contributed by atoms with Gasteiger partial charge in [0.15, 0.2) is 5.96 Å². The summed E-state index contributed by atoms with van der Waals surface area (Å²) in [6, 6.07) is 14.3. The van der Waals surface area contributed by atoms with Gasteiger partial charge in [0.2, 0.25) is 0 Å². The smallest absolute Gasteiger partial charge is 0.194 e. The lowest BCUT2D eigenvalue weighted by atomic mass is 10.2. The average Bonchev–Trinajstić information content (AvgIpc) is 2.69. The summed E-state index contributed by atoms with van der Waals surface area (Å²) in [5.41, 5.74) is 3.30. The number of rotatable bonds is 4. The molecule has 0 radical (unpaired) electrons. The monoisotopic (exact) mass is 353 g/mol. The van der Waals surface area contributed by atoms with Crippen molar-refractivity contribution in [2.24, 2.45) is 4.99 Å². The van der Waals surface area contributed by atoms with Crippen LogP contribution in [0.2, 0.25) is 0 Å². The van der Waals surface area contributed by atoms with Gasteiger partial charge in [-0.3, -0.25) is 9.98 Å². The molecule has 2 aromatic rings. The Morgan fingerprint density at radius 3 is 2.46 bits per heavy atom. The number of hydrogen-bond donors (Lipinski definition) is 1. The van der Waals surface area contributed by atoms with E-state index >= 15 is 0 Å². The Morgan fingerprint density at radius 1 is 1.12 bits per heavy atom. The van der Waals surface area contributed by atoms with Crippen molar-refractivity contribution < 1.29 is 4.74 Å². The number of benzene rings is 1. The Bertz CT molecular complexity index is 736. The normalized spacial score (nSPS) is 15.1. The van der Waals surface area contributed by atoms with Crippen LogP contribution in [0.25, 0.3) is 0 Å². The zero-order valence-corrected chi connectivity index (χ0v) is 15.8. The van der Waals surface area contributed by atoms with E-state index in [4.69, 9.17) is 4.74 Å². The van der Waals surface area contributed by atoms with E-state index in [2.05, 4.69) is 37.2 Å². The maximum Gasteiger partial charge on any atom is 0.194 e. The lowest BCUT2D eigenvalue weighted by molar-refractivity contribution is 0.372. The van der Waals surface area contributed by atoms with Crippen LogP contribution in [0.3, 0.4) is 0 Å². The minimum atomic E-state index is 0.688. The minimum absolute atomic E-state index is 0.688. The van der Waals surface area contributed by atoms with Crippen molar-refractivity contribution in [3.8, 4) is 5.75 Å². The van der Waals surface area contributed by atoms with Gasteiger partial charge in [-0.15, -0.1) is 0 Å². The van der Waals surface area contributed by atoms with Crippen molar-refractivity contribution in [3.63, 3.8) is 0 Å². The fraction of sp³-hybridized carbons (Fsp3) is 0.400. The van der Waals surface area contributed by atoms with E-state index in [9.17, 15) is 0 Å². The first kappa shape index (κ1) is 18.0. The molecular weight excluding hydrogens is 326 g/mol. The molecule has 2 heterocycles. The summed E-state index contributed by atoms with van der Waals surface area (Å²) >= 11 is 0. The average molecular weight is 353 g/mol. The highest BCUT2D eigenvalue weighted by Gasteiger charge is 2.19. The first-order chi connectivity index (χ1) is 12.7. The van der Waals surface area contributed by atoms with Gasteiger partial charge >= 0.3 is 0 Å². The molecule has 0 aliphatic carbocycles. The Balaban J connectivity index is 1.53. The minimum Gasteiger partial charge on any atom is -0.497 e. The molecule has 1 aromatic heterocycles. The second-order valence-corrected chi connectivity index (χ2v) is 6.34. The van der Waals surface area contributed by atoms with Crippen LogP contribution in [0, 0.1) is 6.92 Å². The number of methoxy groups -OCH3 is 1. The summed E-state index contributed by atoms with van der Waals surface area (Å²) in [5.74, 6) is 1.82. The van der Waals surface area contributed by atoms with Crippen LogP contribution in [0.4, 0.5) is 5.69 Å². The third kappa shape index (κ3) is 4.45. The van der Waals surface area contributed by atoms with Gasteiger partial charge in [-0.25, -0.2) is 0 Å². The Labute approximate surface area is 155 Å². The van der Waals surface area contributed by atoms with Crippen molar-refractivity contribution in [1.82, 2.24) is 15.2 Å². The van der Waals surface area contributed by atoms with Crippen LogP contribution in [0.1, 0.15) is 11.4 Å². The van der Waals surface area contributed by atoms with Gasteiger partial charge in [0.1, 0.15) is 5.75 Å². The molecule has 0 bridgehead atoms. The number of aryl methyl sites for hydroxylation is 1. The first-order valence-electron chi connectivity index (χ1n) is 8.97. The predicted molar refractivity (Wildman–Crippen MR) is 106 cm³/mol. The molecule has 0 unspecified atom stereocenters. The van der Waals surface area contributed by atoms with Crippen molar-refractivity contribution in [3.05, 3.63) is 53.9 Å². The van der Waals surface area contributed by atoms with E-state index in [1.807, 2.05) is 44.3 Å². The molecule has 1 aromatic carbocycles. The lowest BCUT2D eigenvalue weighted by Crippen LogP contribution is -2.52. The topological polar surface area (TPSA) is 53.0 Å². The van der Waals surface area contributed by atoms with E-state index in [0.717, 1.165) is 49.3 Å². The largest absolute Gasteiger partial charge is 0.497 e. The van der Waals surface area contributed by atoms with Crippen LogP contribution >= 0.6 is 0 Å². The number of nitrogens with zero attached hydrogens (tertiary/aromatic N) is 4. The quantitative estimate of drug-likeness (QED) is 0.675. The molecule has 0 saturated carbocycles. The highest BCUT2D eigenvalue weighted by atomic mass is 16.5. The van der Waals surface area contributed by atoms with E-state index in [0.29, 0.717) is 6.54 Å². The number of nitrogens with one attached hydrogen (secondary N) is 1. The number of aromatic nitrogens is 1. The molecule has 1 N–H and O–H groups in total. The van der Waals surface area contributed by atoms with E-state index in [-0.39, 0.29) is 0 Å². The fourth-order valence-corrected chi connectivity index (χ4v) is 3.17. The van der Waals surface area contributed by atoms with Crippen molar-refractivity contribution in [2.75, 3.05) is 45.2 Å². The number of hydrogen-bond acceptors (Lipinski definition) is 4. The van der Waals surface area contributed by atoms with E-state index in [1.165, 1.54) is 5.69 Å². The maximum absolute atomic E-state index is 5.23. The van der Waals surface area contributed by atoms with E-state index in [1.54, 1.807) is 7.11 Å². The molecule has 26 heavy (non-hydrogen) atoms. The molecular formula is C20H27N5O. The Hall–Kier alpha value is -2.76. The maximum atomic E-state index is 5.23. The molecule has 1 aliphatic heterocycles. The van der Waals surface area contributed by atoms with Gasteiger partial charge in [-0.05, 0) is 43.3 Å². The summed E-state index contributed by atoms with van der Waals surface area (Å²) in [6.45, 7) is 6.51. The number of piperazine rings is 1. The summed E-state index contributed by atoms with van der Waals surface area (Å²) in [6.07, 6.45) is 0. The molecule has 3 rings (SSSR count). The standard InChI is InChI=1S/C20H27N5O/c1-16-5-4-6-17(23-16)15-22-20(21-2)25-13-11-24(12-14-25)18-7-9-19(26-3)10-8-18/h4-10H,11-15H2,1-3H3,(H,21,22). The number of pyridine rings is 1. The van der Waals surface area contributed by atoms with Gasteiger partial charge in [-0.2, -0.15) is 0 Å². The molecule has 0 atom stereocenters. The van der Waals surface area contributed by atoms with Gasteiger partial charge < -0.3 is 19.9 Å². The molecule has 1 fully saturated rings.